The zero-order chi connectivity index (χ0) is 19.7. The molecule has 7 heteroatoms. The van der Waals surface area contributed by atoms with Crippen molar-refractivity contribution in [2.45, 2.75) is 12.5 Å². The van der Waals surface area contributed by atoms with E-state index in [0.717, 1.165) is 11.3 Å². The zero-order valence-corrected chi connectivity index (χ0v) is 15.4. The SMILES string of the molecule is COc1ccc(CCN2CC3=C(C2=O)C(c2cccc(F)c2)NC(=O)N3)cc1. The van der Waals surface area contributed by atoms with Gasteiger partial charge in [0.25, 0.3) is 5.91 Å². The van der Waals surface area contributed by atoms with Gasteiger partial charge in [-0.05, 0) is 41.8 Å². The Bertz CT molecular complexity index is 956. The van der Waals surface area contributed by atoms with Gasteiger partial charge in [-0.1, -0.05) is 24.3 Å². The van der Waals surface area contributed by atoms with Crippen LogP contribution in [-0.4, -0.2) is 37.0 Å². The molecule has 2 aliphatic heterocycles. The van der Waals surface area contributed by atoms with Crippen molar-refractivity contribution >= 4 is 11.9 Å². The van der Waals surface area contributed by atoms with E-state index in [4.69, 9.17) is 4.74 Å². The van der Waals surface area contributed by atoms with Crippen LogP contribution in [0.3, 0.4) is 0 Å². The Kier molecular flexibility index (Phi) is 4.73. The van der Waals surface area contributed by atoms with Gasteiger partial charge >= 0.3 is 6.03 Å². The molecule has 28 heavy (non-hydrogen) atoms. The van der Waals surface area contributed by atoms with Gasteiger partial charge in [-0.15, -0.1) is 0 Å². The van der Waals surface area contributed by atoms with Crippen LogP contribution in [0.15, 0.2) is 59.8 Å². The summed E-state index contributed by atoms with van der Waals surface area (Å²) in [4.78, 5) is 26.7. The summed E-state index contributed by atoms with van der Waals surface area (Å²) in [6.45, 7) is 0.855. The van der Waals surface area contributed by atoms with Gasteiger partial charge in [0.1, 0.15) is 11.6 Å². The van der Waals surface area contributed by atoms with E-state index in [1.807, 2.05) is 24.3 Å². The molecular formula is C21H20FN3O3. The molecule has 0 saturated carbocycles. The number of amides is 3. The highest BCUT2D eigenvalue weighted by Crippen LogP contribution is 2.32. The molecule has 0 radical (unpaired) electrons. The minimum atomic E-state index is -0.655. The van der Waals surface area contributed by atoms with Crippen molar-refractivity contribution in [2.24, 2.45) is 0 Å². The number of nitrogens with zero attached hydrogens (tertiary/aromatic N) is 1. The molecule has 2 aromatic rings. The first-order valence-corrected chi connectivity index (χ1v) is 9.03. The van der Waals surface area contributed by atoms with E-state index in [-0.39, 0.29) is 5.91 Å². The summed E-state index contributed by atoms with van der Waals surface area (Å²) in [6, 6.07) is 12.6. The Morgan fingerprint density at radius 2 is 1.96 bits per heavy atom. The van der Waals surface area contributed by atoms with Crippen LogP contribution in [0.1, 0.15) is 17.2 Å². The van der Waals surface area contributed by atoms with E-state index in [2.05, 4.69) is 10.6 Å². The van der Waals surface area contributed by atoms with Crippen molar-refractivity contribution in [2.75, 3.05) is 20.2 Å². The number of hydrogen-bond donors (Lipinski definition) is 2. The van der Waals surface area contributed by atoms with Gasteiger partial charge in [0.15, 0.2) is 0 Å². The summed E-state index contributed by atoms with van der Waals surface area (Å²) in [7, 11) is 1.62. The molecule has 1 atom stereocenters. The van der Waals surface area contributed by atoms with E-state index < -0.39 is 17.9 Å². The third-order valence-corrected chi connectivity index (χ3v) is 5.03. The number of benzene rings is 2. The van der Waals surface area contributed by atoms with E-state index >= 15 is 0 Å². The lowest BCUT2D eigenvalue weighted by atomic mass is 9.96. The maximum absolute atomic E-state index is 13.7. The first-order valence-electron chi connectivity index (χ1n) is 9.03. The maximum Gasteiger partial charge on any atom is 0.319 e. The number of halogens is 1. The lowest BCUT2D eigenvalue weighted by Crippen LogP contribution is -2.44. The van der Waals surface area contributed by atoms with E-state index in [1.54, 1.807) is 24.1 Å². The van der Waals surface area contributed by atoms with Crippen LogP contribution >= 0.6 is 0 Å². The fourth-order valence-corrected chi connectivity index (χ4v) is 3.60. The molecule has 0 spiro atoms. The fraction of sp³-hybridized carbons (Fsp3) is 0.238. The van der Waals surface area contributed by atoms with E-state index in [9.17, 15) is 14.0 Å². The summed E-state index contributed by atoms with van der Waals surface area (Å²) in [5.74, 6) is 0.226. The van der Waals surface area contributed by atoms with Gasteiger partial charge in [0.2, 0.25) is 0 Å². The molecule has 144 valence electrons. The summed E-state index contributed by atoms with van der Waals surface area (Å²) in [6.07, 6.45) is 0.683. The first-order chi connectivity index (χ1) is 13.5. The highest BCUT2D eigenvalue weighted by Gasteiger charge is 2.40. The maximum atomic E-state index is 13.7. The highest BCUT2D eigenvalue weighted by molar-refractivity contribution is 6.01. The molecule has 0 fully saturated rings. The predicted octanol–water partition coefficient (Wildman–Crippen LogP) is 2.53. The number of hydrogen-bond acceptors (Lipinski definition) is 3. The van der Waals surface area contributed by atoms with E-state index in [0.29, 0.717) is 36.3 Å². The normalized spacial score (nSPS) is 18.6. The van der Waals surface area contributed by atoms with Crippen molar-refractivity contribution in [3.05, 3.63) is 76.7 Å². The van der Waals surface area contributed by atoms with Gasteiger partial charge in [-0.3, -0.25) is 4.79 Å². The smallest absolute Gasteiger partial charge is 0.319 e. The van der Waals surface area contributed by atoms with Crippen LogP contribution in [-0.2, 0) is 11.2 Å². The lowest BCUT2D eigenvalue weighted by molar-refractivity contribution is -0.125. The number of carbonyl (C=O) groups excluding carboxylic acids is 2. The van der Waals surface area contributed by atoms with Gasteiger partial charge < -0.3 is 20.3 Å². The minimum Gasteiger partial charge on any atom is -0.497 e. The summed E-state index contributed by atoms with van der Waals surface area (Å²) >= 11 is 0. The Morgan fingerprint density at radius 3 is 2.68 bits per heavy atom. The minimum absolute atomic E-state index is 0.148. The van der Waals surface area contributed by atoms with Gasteiger partial charge in [-0.2, -0.15) is 0 Å². The number of nitrogens with one attached hydrogen (secondary N) is 2. The van der Waals surface area contributed by atoms with Gasteiger partial charge in [0.05, 0.1) is 31.0 Å². The lowest BCUT2D eigenvalue weighted by Gasteiger charge is -2.25. The third kappa shape index (κ3) is 3.43. The van der Waals surface area contributed by atoms with Crippen LogP contribution in [0.5, 0.6) is 5.75 Å². The molecular weight excluding hydrogens is 361 g/mol. The van der Waals surface area contributed by atoms with E-state index in [1.165, 1.54) is 12.1 Å². The number of ether oxygens (including phenoxy) is 1. The molecule has 3 amide bonds. The molecule has 6 nitrogen and oxygen atoms in total. The quantitative estimate of drug-likeness (QED) is 0.836. The standard InChI is InChI=1S/C21H20FN3O3/c1-28-16-7-5-13(6-8-16)9-10-25-12-17-18(20(25)26)19(24-21(27)23-17)14-3-2-4-15(22)11-14/h2-8,11,19H,9-10,12H2,1H3,(H2,23,24,27). The monoisotopic (exact) mass is 381 g/mol. The number of urea groups is 1. The molecule has 0 aliphatic carbocycles. The van der Waals surface area contributed by atoms with Crippen molar-refractivity contribution in [3.8, 4) is 5.75 Å². The second-order valence-corrected chi connectivity index (χ2v) is 6.80. The predicted molar refractivity (Wildman–Crippen MR) is 101 cm³/mol. The van der Waals surface area contributed by atoms with Crippen LogP contribution in [0.25, 0.3) is 0 Å². The molecule has 2 aromatic carbocycles. The molecule has 4 rings (SSSR count). The number of methoxy groups -OCH3 is 1. The van der Waals surface area contributed by atoms with Crippen molar-refractivity contribution in [1.29, 1.82) is 0 Å². The Labute approximate surface area is 162 Å². The number of carbonyl (C=O) groups is 2. The zero-order valence-electron chi connectivity index (χ0n) is 15.4. The first kappa shape index (κ1) is 18.0. The Morgan fingerprint density at radius 1 is 1.18 bits per heavy atom. The Balaban J connectivity index is 1.51. The van der Waals surface area contributed by atoms with Gasteiger partial charge in [0, 0.05) is 6.54 Å². The van der Waals surface area contributed by atoms with Crippen molar-refractivity contribution < 1.29 is 18.7 Å². The van der Waals surface area contributed by atoms with Crippen molar-refractivity contribution in [3.63, 3.8) is 0 Å². The molecule has 0 saturated heterocycles. The third-order valence-electron chi connectivity index (χ3n) is 5.03. The van der Waals surface area contributed by atoms with Gasteiger partial charge in [-0.25, -0.2) is 9.18 Å². The summed E-state index contributed by atoms with van der Waals surface area (Å²) in [5, 5.41) is 5.46. The molecule has 0 bridgehead atoms. The number of rotatable bonds is 5. The largest absolute Gasteiger partial charge is 0.497 e. The van der Waals surface area contributed by atoms with Crippen molar-refractivity contribution in [1.82, 2.24) is 15.5 Å². The molecule has 1 unspecified atom stereocenters. The molecule has 2 N–H and O–H groups in total. The average Bonchev–Trinajstić information content (AvgIpc) is 3.01. The highest BCUT2D eigenvalue weighted by atomic mass is 19.1. The average molecular weight is 381 g/mol. The second-order valence-electron chi connectivity index (χ2n) is 6.80. The molecule has 2 heterocycles. The fourth-order valence-electron chi connectivity index (χ4n) is 3.60. The molecule has 2 aliphatic rings. The van der Waals surface area contributed by atoms with Crippen LogP contribution in [0, 0.1) is 5.82 Å². The Hall–Kier alpha value is -3.35. The summed E-state index contributed by atoms with van der Waals surface area (Å²) < 4.78 is 18.8. The van der Waals surface area contributed by atoms with Crippen LogP contribution in [0.4, 0.5) is 9.18 Å². The topological polar surface area (TPSA) is 70.7 Å². The molecule has 0 aromatic heterocycles. The van der Waals surface area contributed by atoms with Crippen LogP contribution < -0.4 is 15.4 Å². The van der Waals surface area contributed by atoms with Crippen LogP contribution in [0.2, 0.25) is 0 Å². The summed E-state index contributed by atoms with van der Waals surface area (Å²) in [5.41, 5.74) is 2.69. The second kappa shape index (κ2) is 7.34.